The Balaban J connectivity index is 1.51. The molecule has 0 spiro atoms. The van der Waals surface area contributed by atoms with E-state index in [4.69, 9.17) is 0 Å². The van der Waals surface area contributed by atoms with Gasteiger partial charge in [-0.3, -0.25) is 0 Å². The summed E-state index contributed by atoms with van der Waals surface area (Å²) < 4.78 is 0. The zero-order valence-electron chi connectivity index (χ0n) is 14.9. The lowest BCUT2D eigenvalue weighted by molar-refractivity contribution is 0.198. The molecule has 1 N–H and O–H groups in total. The summed E-state index contributed by atoms with van der Waals surface area (Å²) >= 11 is 0. The Bertz CT molecular complexity index is 727. The van der Waals surface area contributed by atoms with Gasteiger partial charge in [-0.25, -0.2) is 4.79 Å². The summed E-state index contributed by atoms with van der Waals surface area (Å²) in [5, 5.41) is 2.86. The van der Waals surface area contributed by atoms with Crippen molar-refractivity contribution in [2.75, 3.05) is 31.1 Å². The van der Waals surface area contributed by atoms with E-state index in [-0.39, 0.29) is 6.03 Å². The average Bonchev–Trinajstić information content (AvgIpc) is 2.62. The second-order valence-corrected chi connectivity index (χ2v) is 6.51. The van der Waals surface area contributed by atoms with E-state index in [0.717, 1.165) is 31.7 Å². The molecule has 1 saturated heterocycles. The van der Waals surface area contributed by atoms with E-state index in [9.17, 15) is 4.79 Å². The predicted molar refractivity (Wildman–Crippen MR) is 104 cm³/mol. The van der Waals surface area contributed by atoms with Gasteiger partial charge in [0.1, 0.15) is 0 Å². The average molecular weight is 335 g/mol. The maximum atomic E-state index is 12.3. The molecule has 0 unspecified atom stereocenters. The van der Waals surface area contributed by atoms with Gasteiger partial charge in [-0.05, 0) is 48.7 Å². The van der Waals surface area contributed by atoms with E-state index in [1.54, 1.807) is 6.20 Å². The number of nitrogens with one attached hydrogen (secondary N) is 1. The molecule has 0 bridgehead atoms. The molecule has 25 heavy (non-hydrogen) atoms. The van der Waals surface area contributed by atoms with Crippen LogP contribution in [-0.4, -0.2) is 37.1 Å². The van der Waals surface area contributed by atoms with Crippen molar-refractivity contribution in [3.63, 3.8) is 0 Å². The van der Waals surface area contributed by atoms with Crippen LogP contribution >= 0.6 is 0 Å². The van der Waals surface area contributed by atoms with Crippen LogP contribution in [0.2, 0.25) is 0 Å². The zero-order valence-corrected chi connectivity index (χ0v) is 14.9. The highest BCUT2D eigenvalue weighted by molar-refractivity contribution is 5.76. The fourth-order valence-electron chi connectivity index (χ4n) is 3.17. The molecule has 2 amide bonds. The zero-order chi connectivity index (χ0) is 17.6. The molecule has 0 saturated carbocycles. The van der Waals surface area contributed by atoms with Crippen molar-refractivity contribution >= 4 is 17.8 Å². The van der Waals surface area contributed by atoms with E-state index in [2.05, 4.69) is 42.3 Å². The van der Waals surface area contributed by atoms with Crippen LogP contribution in [-0.2, 0) is 0 Å². The van der Waals surface area contributed by atoms with Gasteiger partial charge in [0.25, 0.3) is 0 Å². The van der Waals surface area contributed by atoms with Gasteiger partial charge >= 0.3 is 6.03 Å². The van der Waals surface area contributed by atoms with Crippen molar-refractivity contribution in [1.82, 2.24) is 10.2 Å². The van der Waals surface area contributed by atoms with Crippen LogP contribution in [0.15, 0.2) is 54.7 Å². The minimum absolute atomic E-state index is 0.0350. The van der Waals surface area contributed by atoms with Crippen LogP contribution < -0.4 is 10.2 Å². The summed E-state index contributed by atoms with van der Waals surface area (Å²) in [4.78, 5) is 16.5. The molecule has 130 valence electrons. The number of piperazine rings is 1. The summed E-state index contributed by atoms with van der Waals surface area (Å²) in [6, 6.07) is 16.5. The summed E-state index contributed by atoms with van der Waals surface area (Å²) in [6.07, 6.45) is 3.62. The molecule has 3 rings (SSSR count). The summed E-state index contributed by atoms with van der Waals surface area (Å²) in [7, 11) is 0. The lowest BCUT2D eigenvalue weighted by atomic mass is 10.1. The van der Waals surface area contributed by atoms with Crippen LogP contribution in [0.25, 0.3) is 6.08 Å². The van der Waals surface area contributed by atoms with Gasteiger partial charge < -0.3 is 15.1 Å². The lowest BCUT2D eigenvalue weighted by Crippen LogP contribution is -2.51. The van der Waals surface area contributed by atoms with Crippen LogP contribution in [0, 0.1) is 13.8 Å². The molecule has 2 aromatic rings. The largest absolute Gasteiger partial charge is 0.368 e. The molecule has 0 atom stereocenters. The Morgan fingerprint density at radius 3 is 2.24 bits per heavy atom. The first kappa shape index (κ1) is 17.1. The van der Waals surface area contributed by atoms with Gasteiger partial charge in [0.05, 0.1) is 0 Å². The van der Waals surface area contributed by atoms with Crippen molar-refractivity contribution < 1.29 is 4.79 Å². The van der Waals surface area contributed by atoms with Crippen LogP contribution in [0.5, 0.6) is 0 Å². The van der Waals surface area contributed by atoms with Crippen molar-refractivity contribution in [2.24, 2.45) is 0 Å². The minimum Gasteiger partial charge on any atom is -0.368 e. The standard InChI is InChI=1S/C21H25N3O/c1-17-14-18(2)16-20(15-17)23-10-12-24(13-11-23)21(25)22-9-8-19-6-4-3-5-7-19/h3-9,14-16H,10-13H2,1-2H3,(H,22,25). The smallest absolute Gasteiger partial charge is 0.321 e. The fraction of sp³-hybridized carbons (Fsp3) is 0.286. The highest BCUT2D eigenvalue weighted by Crippen LogP contribution is 2.20. The molecule has 1 aliphatic heterocycles. The SMILES string of the molecule is Cc1cc(C)cc(N2CCN(C(=O)NC=Cc3ccccc3)CC2)c1. The van der Waals surface area contributed by atoms with Gasteiger partial charge in [0, 0.05) is 38.1 Å². The maximum absolute atomic E-state index is 12.3. The van der Waals surface area contributed by atoms with E-state index in [1.165, 1.54) is 16.8 Å². The van der Waals surface area contributed by atoms with Gasteiger partial charge in [-0.2, -0.15) is 0 Å². The van der Waals surface area contributed by atoms with Gasteiger partial charge in [-0.1, -0.05) is 36.4 Å². The summed E-state index contributed by atoms with van der Waals surface area (Å²) in [5.74, 6) is 0. The lowest BCUT2D eigenvalue weighted by Gasteiger charge is -2.36. The second kappa shape index (κ2) is 7.88. The number of carbonyl (C=O) groups is 1. The maximum Gasteiger partial charge on any atom is 0.321 e. The third-order valence-corrected chi connectivity index (χ3v) is 4.42. The quantitative estimate of drug-likeness (QED) is 0.926. The topological polar surface area (TPSA) is 35.6 Å². The molecule has 0 radical (unpaired) electrons. The normalized spacial score (nSPS) is 14.8. The highest BCUT2D eigenvalue weighted by Gasteiger charge is 2.20. The number of carbonyl (C=O) groups excluding carboxylic acids is 1. The van der Waals surface area contributed by atoms with Crippen LogP contribution in [0.1, 0.15) is 16.7 Å². The Labute approximate surface area is 149 Å². The minimum atomic E-state index is -0.0350. The van der Waals surface area contributed by atoms with Gasteiger partial charge in [0.2, 0.25) is 0 Å². The van der Waals surface area contributed by atoms with E-state index in [0.29, 0.717) is 0 Å². The number of amides is 2. The third kappa shape index (κ3) is 4.63. The molecule has 1 heterocycles. The monoisotopic (exact) mass is 335 g/mol. The second-order valence-electron chi connectivity index (χ2n) is 6.51. The number of benzene rings is 2. The first-order valence-corrected chi connectivity index (χ1v) is 8.72. The molecule has 1 aliphatic rings. The molecule has 2 aromatic carbocycles. The van der Waals surface area contributed by atoms with Gasteiger partial charge in [0.15, 0.2) is 0 Å². The number of urea groups is 1. The Morgan fingerprint density at radius 2 is 1.60 bits per heavy atom. The fourth-order valence-corrected chi connectivity index (χ4v) is 3.17. The van der Waals surface area contributed by atoms with E-state index < -0.39 is 0 Å². The number of anilines is 1. The first-order valence-electron chi connectivity index (χ1n) is 8.72. The predicted octanol–water partition coefficient (Wildman–Crippen LogP) is 3.81. The third-order valence-electron chi connectivity index (χ3n) is 4.42. The summed E-state index contributed by atoms with van der Waals surface area (Å²) in [5.41, 5.74) is 4.88. The van der Waals surface area contributed by atoms with E-state index >= 15 is 0 Å². The number of nitrogens with zero attached hydrogens (tertiary/aromatic N) is 2. The highest BCUT2D eigenvalue weighted by atomic mass is 16.2. The molecule has 1 fully saturated rings. The Morgan fingerprint density at radius 1 is 0.960 bits per heavy atom. The first-order chi connectivity index (χ1) is 12.1. The van der Waals surface area contributed by atoms with E-state index in [1.807, 2.05) is 41.3 Å². The van der Waals surface area contributed by atoms with Crippen molar-refractivity contribution in [1.29, 1.82) is 0 Å². The number of aryl methyl sites for hydroxylation is 2. The van der Waals surface area contributed by atoms with Crippen molar-refractivity contribution in [2.45, 2.75) is 13.8 Å². The molecule has 0 aromatic heterocycles. The molecular weight excluding hydrogens is 310 g/mol. The van der Waals surface area contributed by atoms with Crippen LogP contribution in [0.4, 0.5) is 10.5 Å². The number of rotatable bonds is 3. The van der Waals surface area contributed by atoms with Crippen molar-refractivity contribution in [3.05, 3.63) is 71.4 Å². The van der Waals surface area contributed by atoms with Crippen molar-refractivity contribution in [3.8, 4) is 0 Å². The van der Waals surface area contributed by atoms with Crippen LogP contribution in [0.3, 0.4) is 0 Å². The molecule has 4 heteroatoms. The molecular formula is C21H25N3O. The molecule has 4 nitrogen and oxygen atoms in total. The number of hydrogen-bond donors (Lipinski definition) is 1. The summed E-state index contributed by atoms with van der Waals surface area (Å²) in [6.45, 7) is 7.44. The molecule has 0 aliphatic carbocycles. The Hall–Kier alpha value is -2.75. The van der Waals surface area contributed by atoms with Gasteiger partial charge in [-0.15, -0.1) is 0 Å². The Kier molecular flexibility index (Phi) is 5.39. The number of hydrogen-bond acceptors (Lipinski definition) is 2.